The zero-order chi connectivity index (χ0) is 17.3. The second-order valence-corrected chi connectivity index (χ2v) is 6.22. The third kappa shape index (κ3) is 2.95. The van der Waals surface area contributed by atoms with Gasteiger partial charge in [0.2, 0.25) is 0 Å². The van der Waals surface area contributed by atoms with Crippen LogP contribution in [0.3, 0.4) is 0 Å². The number of ketones is 1. The van der Waals surface area contributed by atoms with Crippen LogP contribution in [-0.4, -0.2) is 21.4 Å². The summed E-state index contributed by atoms with van der Waals surface area (Å²) in [5.74, 6) is -1.83. The fourth-order valence-corrected chi connectivity index (χ4v) is 2.88. The summed E-state index contributed by atoms with van der Waals surface area (Å²) >= 11 is 0. The zero-order valence-corrected chi connectivity index (χ0v) is 13.7. The van der Waals surface area contributed by atoms with E-state index in [0.29, 0.717) is 17.8 Å². The summed E-state index contributed by atoms with van der Waals surface area (Å²) in [7, 11) is 0. The third-order valence-electron chi connectivity index (χ3n) is 4.23. The summed E-state index contributed by atoms with van der Waals surface area (Å²) in [5, 5.41) is 9.69. The van der Waals surface area contributed by atoms with E-state index in [1.165, 1.54) is 5.56 Å². The predicted molar refractivity (Wildman–Crippen MR) is 93.5 cm³/mol. The number of para-hydroxylation sites is 1. The number of aromatic nitrogens is 1. The first kappa shape index (κ1) is 16.0. The smallest absolute Gasteiger partial charge is 0.377 e. The molecule has 3 rings (SSSR count). The molecule has 4 nitrogen and oxygen atoms in total. The Hall–Kier alpha value is -2.88. The van der Waals surface area contributed by atoms with Crippen molar-refractivity contribution in [3.63, 3.8) is 0 Å². The highest BCUT2D eigenvalue weighted by molar-refractivity contribution is 6.42. The van der Waals surface area contributed by atoms with Crippen molar-refractivity contribution in [2.24, 2.45) is 0 Å². The van der Waals surface area contributed by atoms with Gasteiger partial charge in [0.1, 0.15) is 0 Å². The lowest BCUT2D eigenvalue weighted by molar-refractivity contribution is -0.131. The average molecular weight is 321 g/mol. The number of carboxylic acids is 1. The summed E-state index contributed by atoms with van der Waals surface area (Å²) in [4.78, 5) is 23.0. The number of Topliss-reactive ketones (excluding diaryl/α,β-unsaturated/α-hetero) is 1. The van der Waals surface area contributed by atoms with Gasteiger partial charge < -0.3 is 9.67 Å². The van der Waals surface area contributed by atoms with Crippen LogP contribution >= 0.6 is 0 Å². The molecule has 0 aliphatic carbocycles. The quantitative estimate of drug-likeness (QED) is 0.569. The minimum absolute atomic E-state index is 0.233. The fourth-order valence-electron chi connectivity index (χ4n) is 2.88. The Balaban J connectivity index is 2.00. The number of hydrogen-bond acceptors (Lipinski definition) is 2. The molecule has 3 aromatic rings. The average Bonchev–Trinajstić information content (AvgIpc) is 2.93. The lowest BCUT2D eigenvalue weighted by Gasteiger charge is -2.08. The van der Waals surface area contributed by atoms with Gasteiger partial charge in [-0.3, -0.25) is 4.79 Å². The Labute approximate surface area is 140 Å². The maximum Gasteiger partial charge on any atom is 0.377 e. The molecular weight excluding hydrogens is 302 g/mol. The van der Waals surface area contributed by atoms with Crippen molar-refractivity contribution in [1.29, 1.82) is 0 Å². The van der Waals surface area contributed by atoms with Gasteiger partial charge in [0.25, 0.3) is 5.78 Å². The first-order valence-corrected chi connectivity index (χ1v) is 7.91. The molecule has 0 saturated heterocycles. The Morgan fingerprint density at radius 2 is 1.71 bits per heavy atom. The first-order chi connectivity index (χ1) is 11.5. The van der Waals surface area contributed by atoms with Crippen LogP contribution in [0.25, 0.3) is 10.9 Å². The number of carboxylic acid groups (broad SMARTS) is 1. The van der Waals surface area contributed by atoms with E-state index in [1.54, 1.807) is 12.3 Å². The molecular formula is C20H19NO3. The second-order valence-electron chi connectivity index (χ2n) is 6.22. The van der Waals surface area contributed by atoms with E-state index in [4.69, 9.17) is 5.11 Å². The SMILES string of the molecule is CC(C)c1ccc(Cn2cc(C(=O)C(=O)O)c3ccccc32)cc1. The molecule has 0 atom stereocenters. The standard InChI is InChI=1S/C20H19NO3/c1-13(2)15-9-7-14(8-10-15)11-21-12-17(19(22)20(23)24)16-5-3-4-6-18(16)21/h3-10,12-13H,11H2,1-2H3,(H,23,24). The van der Waals surface area contributed by atoms with Crippen molar-refractivity contribution in [3.05, 3.63) is 71.4 Å². The Morgan fingerprint density at radius 3 is 2.33 bits per heavy atom. The van der Waals surface area contributed by atoms with Gasteiger partial charge >= 0.3 is 5.97 Å². The van der Waals surface area contributed by atoms with Gasteiger partial charge in [0.05, 0.1) is 5.56 Å². The Kier molecular flexibility index (Phi) is 4.21. The number of hydrogen-bond donors (Lipinski definition) is 1. The van der Waals surface area contributed by atoms with Crippen LogP contribution in [0.15, 0.2) is 54.7 Å². The molecule has 1 N–H and O–H groups in total. The highest BCUT2D eigenvalue weighted by Gasteiger charge is 2.20. The molecule has 1 aromatic heterocycles. The van der Waals surface area contributed by atoms with Crippen LogP contribution in [0.4, 0.5) is 0 Å². The van der Waals surface area contributed by atoms with E-state index >= 15 is 0 Å². The van der Waals surface area contributed by atoms with Crippen LogP contribution in [0, 0.1) is 0 Å². The molecule has 0 radical (unpaired) electrons. The predicted octanol–water partition coefficient (Wildman–Crippen LogP) is 4.08. The monoisotopic (exact) mass is 321 g/mol. The third-order valence-corrected chi connectivity index (χ3v) is 4.23. The van der Waals surface area contributed by atoms with Crippen molar-refractivity contribution in [3.8, 4) is 0 Å². The molecule has 0 unspecified atom stereocenters. The topological polar surface area (TPSA) is 59.3 Å². The van der Waals surface area contributed by atoms with E-state index in [2.05, 4.69) is 38.1 Å². The molecule has 0 amide bonds. The van der Waals surface area contributed by atoms with Crippen molar-refractivity contribution in [2.75, 3.05) is 0 Å². The molecule has 0 bridgehead atoms. The molecule has 122 valence electrons. The minimum Gasteiger partial charge on any atom is -0.475 e. The molecule has 24 heavy (non-hydrogen) atoms. The maximum absolute atomic E-state index is 11.9. The largest absolute Gasteiger partial charge is 0.475 e. The maximum atomic E-state index is 11.9. The second kappa shape index (κ2) is 6.32. The van der Waals surface area contributed by atoms with Crippen LogP contribution in [0.1, 0.15) is 41.3 Å². The van der Waals surface area contributed by atoms with Crippen molar-refractivity contribution in [2.45, 2.75) is 26.3 Å². The number of aliphatic carboxylic acids is 1. The summed E-state index contributed by atoms with van der Waals surface area (Å²) in [6.45, 7) is 4.89. The molecule has 0 aliphatic rings. The summed E-state index contributed by atoms with van der Waals surface area (Å²) in [6, 6.07) is 15.7. The van der Waals surface area contributed by atoms with Gasteiger partial charge in [-0.1, -0.05) is 56.3 Å². The fraction of sp³-hybridized carbons (Fsp3) is 0.200. The number of rotatable bonds is 5. The molecule has 0 aliphatic heterocycles. The van der Waals surface area contributed by atoms with Crippen LogP contribution < -0.4 is 0 Å². The number of benzene rings is 2. The van der Waals surface area contributed by atoms with Crippen LogP contribution in [-0.2, 0) is 11.3 Å². The molecule has 2 aromatic carbocycles. The van der Waals surface area contributed by atoms with E-state index in [0.717, 1.165) is 11.1 Å². The highest BCUT2D eigenvalue weighted by atomic mass is 16.4. The van der Waals surface area contributed by atoms with Gasteiger partial charge in [0, 0.05) is 23.6 Å². The molecule has 0 spiro atoms. The van der Waals surface area contributed by atoms with Gasteiger partial charge in [0.15, 0.2) is 0 Å². The van der Waals surface area contributed by atoms with Crippen molar-refractivity contribution in [1.82, 2.24) is 4.57 Å². The van der Waals surface area contributed by atoms with Crippen LogP contribution in [0.5, 0.6) is 0 Å². The van der Waals surface area contributed by atoms with E-state index in [-0.39, 0.29) is 5.56 Å². The molecule has 1 heterocycles. The highest BCUT2D eigenvalue weighted by Crippen LogP contribution is 2.23. The minimum atomic E-state index is -1.43. The summed E-state index contributed by atoms with van der Waals surface area (Å²) in [6.07, 6.45) is 1.64. The molecule has 0 saturated carbocycles. The number of fused-ring (bicyclic) bond motifs is 1. The lowest BCUT2D eigenvalue weighted by Crippen LogP contribution is -2.12. The normalized spacial score (nSPS) is 11.1. The van der Waals surface area contributed by atoms with Crippen LogP contribution in [0.2, 0.25) is 0 Å². The van der Waals surface area contributed by atoms with Gasteiger partial charge in [-0.2, -0.15) is 0 Å². The summed E-state index contributed by atoms with van der Waals surface area (Å²) < 4.78 is 1.93. The lowest BCUT2D eigenvalue weighted by atomic mass is 10.0. The van der Waals surface area contributed by atoms with Crippen molar-refractivity contribution >= 4 is 22.7 Å². The Bertz CT molecular complexity index is 904. The van der Waals surface area contributed by atoms with Gasteiger partial charge in [-0.15, -0.1) is 0 Å². The van der Waals surface area contributed by atoms with E-state index in [1.807, 2.05) is 22.8 Å². The molecule has 4 heteroatoms. The zero-order valence-electron chi connectivity index (χ0n) is 13.7. The Morgan fingerprint density at radius 1 is 1.04 bits per heavy atom. The first-order valence-electron chi connectivity index (χ1n) is 7.91. The number of carbonyl (C=O) groups excluding carboxylic acids is 1. The van der Waals surface area contributed by atoms with Crippen molar-refractivity contribution < 1.29 is 14.7 Å². The van der Waals surface area contributed by atoms with Gasteiger partial charge in [-0.05, 0) is 23.1 Å². The summed E-state index contributed by atoms with van der Waals surface area (Å²) in [5.41, 5.74) is 3.47. The van der Waals surface area contributed by atoms with Gasteiger partial charge in [-0.25, -0.2) is 4.79 Å². The number of nitrogens with zero attached hydrogens (tertiary/aromatic N) is 1. The van der Waals surface area contributed by atoms with E-state index in [9.17, 15) is 9.59 Å². The number of carbonyl (C=O) groups is 2. The molecule has 0 fully saturated rings. The van der Waals surface area contributed by atoms with E-state index < -0.39 is 11.8 Å².